The van der Waals surface area contributed by atoms with Crippen LogP contribution < -0.4 is 0 Å². The lowest BCUT2D eigenvalue weighted by Crippen LogP contribution is -2.19. The second kappa shape index (κ2) is 4.62. The number of nitro benzene ring substituents is 1. The number of halogens is 3. The first-order valence-corrected chi connectivity index (χ1v) is 4.66. The normalized spacial score (nSPS) is 11.2. The molecule has 1 rings (SSSR count). The summed E-state index contributed by atoms with van der Waals surface area (Å²) < 4.78 is 26.9. The van der Waals surface area contributed by atoms with E-state index in [9.17, 15) is 23.7 Å². The van der Waals surface area contributed by atoms with Gasteiger partial charge in [-0.2, -0.15) is 0 Å². The van der Waals surface area contributed by atoms with E-state index in [1.165, 1.54) is 0 Å². The number of carboxylic acid groups (broad SMARTS) is 1. The number of alkyl halides is 2. The van der Waals surface area contributed by atoms with Gasteiger partial charge in [-0.1, -0.05) is 11.6 Å². The predicted octanol–water partition coefficient (Wildman–Crippen LogP) is 2.81. The number of aliphatic carboxylic acids is 1. The number of carbonyl (C=O) groups is 1. The number of hydrogen-bond donors (Lipinski definition) is 1. The third kappa shape index (κ3) is 3.10. The van der Waals surface area contributed by atoms with Crippen molar-refractivity contribution in [3.05, 3.63) is 38.9 Å². The van der Waals surface area contributed by atoms with Gasteiger partial charge in [0.2, 0.25) is 0 Å². The third-order valence-corrected chi connectivity index (χ3v) is 2.16. The van der Waals surface area contributed by atoms with Crippen LogP contribution in [-0.4, -0.2) is 16.0 Å². The fourth-order valence-electron chi connectivity index (χ4n) is 1.25. The average molecular weight is 266 g/mol. The standard InChI is InChI=1S/C9H6ClF2NO4/c10-5-1-2-6(7(3-5)13(16)17)9(11,12)4-8(14)15/h1-3H,4H2,(H,14,15). The number of benzene rings is 1. The van der Waals surface area contributed by atoms with Crippen LogP contribution in [0.1, 0.15) is 12.0 Å². The summed E-state index contributed by atoms with van der Waals surface area (Å²) in [6.45, 7) is 0. The molecule has 0 bridgehead atoms. The van der Waals surface area contributed by atoms with E-state index in [-0.39, 0.29) is 5.02 Å². The van der Waals surface area contributed by atoms with Gasteiger partial charge in [0, 0.05) is 11.1 Å². The lowest BCUT2D eigenvalue weighted by atomic mass is 10.0. The van der Waals surface area contributed by atoms with Crippen molar-refractivity contribution < 1.29 is 23.6 Å². The molecule has 0 aliphatic carbocycles. The summed E-state index contributed by atoms with van der Waals surface area (Å²) >= 11 is 5.45. The van der Waals surface area contributed by atoms with Crippen LogP contribution in [0.3, 0.4) is 0 Å². The molecule has 8 heteroatoms. The fraction of sp³-hybridized carbons (Fsp3) is 0.222. The zero-order valence-electron chi connectivity index (χ0n) is 8.19. The first kappa shape index (κ1) is 13.3. The van der Waals surface area contributed by atoms with Crippen LogP contribution in [0.25, 0.3) is 0 Å². The Morgan fingerprint density at radius 2 is 2.12 bits per heavy atom. The molecular weight excluding hydrogens is 260 g/mol. The van der Waals surface area contributed by atoms with Gasteiger partial charge in [0.05, 0.1) is 10.5 Å². The van der Waals surface area contributed by atoms with Crippen molar-refractivity contribution in [2.24, 2.45) is 0 Å². The number of nitrogens with zero attached hydrogens (tertiary/aromatic N) is 1. The largest absolute Gasteiger partial charge is 0.481 e. The van der Waals surface area contributed by atoms with Crippen molar-refractivity contribution in [1.82, 2.24) is 0 Å². The average Bonchev–Trinajstić information content (AvgIpc) is 2.14. The van der Waals surface area contributed by atoms with E-state index in [0.717, 1.165) is 18.2 Å². The molecule has 1 N–H and O–H groups in total. The van der Waals surface area contributed by atoms with E-state index in [4.69, 9.17) is 16.7 Å². The molecular formula is C9H6ClF2NO4. The van der Waals surface area contributed by atoms with Crippen molar-refractivity contribution in [2.75, 3.05) is 0 Å². The number of nitro groups is 1. The maximum atomic E-state index is 13.4. The number of rotatable bonds is 4. The highest BCUT2D eigenvalue weighted by atomic mass is 35.5. The van der Waals surface area contributed by atoms with Gasteiger partial charge in [-0.25, -0.2) is 8.78 Å². The Bertz CT molecular complexity index is 478. The minimum absolute atomic E-state index is 0.0772. The van der Waals surface area contributed by atoms with Crippen molar-refractivity contribution >= 4 is 23.3 Å². The highest BCUT2D eigenvalue weighted by molar-refractivity contribution is 6.30. The van der Waals surface area contributed by atoms with Crippen molar-refractivity contribution in [3.63, 3.8) is 0 Å². The Balaban J connectivity index is 3.30. The van der Waals surface area contributed by atoms with E-state index in [1.807, 2.05) is 0 Å². The Morgan fingerprint density at radius 1 is 1.53 bits per heavy atom. The first-order chi connectivity index (χ1) is 7.74. The molecule has 1 aromatic carbocycles. The van der Waals surface area contributed by atoms with Gasteiger partial charge in [0.25, 0.3) is 11.6 Å². The molecule has 0 radical (unpaired) electrons. The summed E-state index contributed by atoms with van der Waals surface area (Å²) in [5.74, 6) is -5.57. The number of hydrogen-bond acceptors (Lipinski definition) is 3. The zero-order chi connectivity index (χ0) is 13.2. The molecule has 0 aliphatic rings. The minimum Gasteiger partial charge on any atom is -0.481 e. The van der Waals surface area contributed by atoms with Crippen LogP contribution in [0, 0.1) is 10.1 Å². The van der Waals surface area contributed by atoms with Crippen LogP contribution in [0.2, 0.25) is 5.02 Å². The van der Waals surface area contributed by atoms with Crippen molar-refractivity contribution in [3.8, 4) is 0 Å². The zero-order valence-corrected chi connectivity index (χ0v) is 8.95. The Hall–Kier alpha value is -1.76. The summed E-state index contributed by atoms with van der Waals surface area (Å²) in [6.07, 6.45) is -1.52. The Morgan fingerprint density at radius 3 is 2.59 bits per heavy atom. The molecule has 0 spiro atoms. The Kier molecular flexibility index (Phi) is 3.62. The fourth-order valence-corrected chi connectivity index (χ4v) is 1.42. The van der Waals surface area contributed by atoms with Gasteiger partial charge in [-0.3, -0.25) is 14.9 Å². The second-order valence-electron chi connectivity index (χ2n) is 3.19. The van der Waals surface area contributed by atoms with Crippen LogP contribution in [0.4, 0.5) is 14.5 Å². The molecule has 0 aliphatic heterocycles. The van der Waals surface area contributed by atoms with Crippen LogP contribution in [-0.2, 0) is 10.7 Å². The summed E-state index contributed by atoms with van der Waals surface area (Å²) in [5, 5.41) is 18.8. The molecule has 0 heterocycles. The molecule has 92 valence electrons. The molecule has 1 aromatic rings. The van der Waals surface area contributed by atoms with E-state index in [0.29, 0.717) is 0 Å². The topological polar surface area (TPSA) is 80.4 Å². The van der Waals surface area contributed by atoms with Crippen LogP contribution in [0.5, 0.6) is 0 Å². The smallest absolute Gasteiger partial charge is 0.309 e. The second-order valence-corrected chi connectivity index (χ2v) is 3.63. The minimum atomic E-state index is -3.82. The number of carboxylic acids is 1. The summed E-state index contributed by atoms with van der Waals surface area (Å²) in [5.41, 5.74) is -1.86. The van der Waals surface area contributed by atoms with E-state index in [1.54, 1.807) is 0 Å². The first-order valence-electron chi connectivity index (χ1n) is 4.28. The lowest BCUT2D eigenvalue weighted by molar-refractivity contribution is -0.387. The third-order valence-electron chi connectivity index (χ3n) is 1.92. The van der Waals surface area contributed by atoms with Crippen molar-refractivity contribution in [1.29, 1.82) is 0 Å². The highest BCUT2D eigenvalue weighted by Crippen LogP contribution is 2.38. The summed E-state index contributed by atoms with van der Waals surface area (Å²) in [7, 11) is 0. The van der Waals surface area contributed by atoms with Crippen LogP contribution in [0.15, 0.2) is 18.2 Å². The highest BCUT2D eigenvalue weighted by Gasteiger charge is 2.40. The van der Waals surface area contributed by atoms with E-state index < -0.39 is 34.5 Å². The SMILES string of the molecule is O=C(O)CC(F)(F)c1ccc(Cl)cc1[N+](=O)[O-]. The molecule has 0 unspecified atom stereocenters. The van der Waals surface area contributed by atoms with E-state index in [2.05, 4.69) is 0 Å². The van der Waals surface area contributed by atoms with Gasteiger partial charge in [-0.15, -0.1) is 0 Å². The molecule has 0 saturated carbocycles. The maximum absolute atomic E-state index is 13.4. The van der Waals surface area contributed by atoms with Gasteiger partial charge >= 0.3 is 5.97 Å². The Labute approximate surface area is 98.8 Å². The molecule has 0 saturated heterocycles. The molecule has 0 fully saturated rings. The summed E-state index contributed by atoms with van der Waals surface area (Å²) in [4.78, 5) is 19.8. The van der Waals surface area contributed by atoms with Gasteiger partial charge in [0.15, 0.2) is 0 Å². The predicted molar refractivity (Wildman–Crippen MR) is 54.3 cm³/mol. The summed E-state index contributed by atoms with van der Waals surface area (Å²) in [6, 6.07) is 2.55. The van der Waals surface area contributed by atoms with E-state index >= 15 is 0 Å². The molecule has 0 amide bonds. The van der Waals surface area contributed by atoms with Gasteiger partial charge in [0.1, 0.15) is 6.42 Å². The van der Waals surface area contributed by atoms with Crippen LogP contribution >= 0.6 is 11.6 Å². The molecule has 0 atom stereocenters. The maximum Gasteiger partial charge on any atom is 0.309 e. The quantitative estimate of drug-likeness (QED) is 0.670. The molecule has 5 nitrogen and oxygen atoms in total. The molecule has 0 aromatic heterocycles. The van der Waals surface area contributed by atoms with Gasteiger partial charge in [-0.05, 0) is 12.1 Å². The lowest BCUT2D eigenvalue weighted by Gasteiger charge is -2.14. The van der Waals surface area contributed by atoms with Crippen molar-refractivity contribution in [2.45, 2.75) is 12.3 Å². The molecule has 17 heavy (non-hydrogen) atoms. The monoisotopic (exact) mass is 265 g/mol. The van der Waals surface area contributed by atoms with Gasteiger partial charge < -0.3 is 5.11 Å².